The van der Waals surface area contributed by atoms with Crippen LogP contribution in [0, 0.1) is 13.8 Å². The second-order valence-corrected chi connectivity index (χ2v) is 6.27. The Balaban J connectivity index is 2.13. The maximum atomic E-state index is 6.20. The average molecular weight is 297 g/mol. The number of ether oxygens (including phenoxy) is 1. The van der Waals surface area contributed by atoms with Gasteiger partial charge in [0.25, 0.3) is 0 Å². The quantitative estimate of drug-likeness (QED) is 0.760. The molecule has 0 bridgehead atoms. The summed E-state index contributed by atoms with van der Waals surface area (Å²) in [5.41, 5.74) is 5.17. The summed E-state index contributed by atoms with van der Waals surface area (Å²) < 4.78 is 6.20. The van der Waals surface area contributed by atoms with Crippen LogP contribution in [0.15, 0.2) is 48.5 Å². The Labute approximate surface area is 134 Å². The number of aryl methyl sites for hydroxylation is 2. The second-order valence-electron chi connectivity index (χ2n) is 6.27. The van der Waals surface area contributed by atoms with Crippen molar-refractivity contribution in [1.29, 1.82) is 0 Å². The molecule has 0 heterocycles. The highest BCUT2D eigenvalue weighted by Crippen LogP contribution is 2.23. The highest BCUT2D eigenvalue weighted by atomic mass is 16.5. The molecule has 0 aliphatic heterocycles. The predicted molar refractivity (Wildman–Crippen MR) is 93.3 cm³/mol. The lowest BCUT2D eigenvalue weighted by molar-refractivity contribution is 0.0436. The highest BCUT2D eigenvalue weighted by Gasteiger charge is 2.13. The maximum absolute atomic E-state index is 6.20. The largest absolute Gasteiger partial charge is 0.372 e. The Morgan fingerprint density at radius 2 is 1.64 bits per heavy atom. The van der Waals surface area contributed by atoms with E-state index in [1.807, 2.05) is 0 Å². The molecule has 2 nitrogen and oxygen atoms in total. The van der Waals surface area contributed by atoms with E-state index in [1.54, 1.807) is 0 Å². The van der Waals surface area contributed by atoms with Crippen molar-refractivity contribution in [3.05, 3.63) is 70.8 Å². The average Bonchev–Trinajstić information content (AvgIpc) is 2.46. The van der Waals surface area contributed by atoms with Gasteiger partial charge in [0.2, 0.25) is 0 Å². The molecule has 0 saturated heterocycles. The van der Waals surface area contributed by atoms with E-state index < -0.39 is 0 Å². The number of rotatable bonds is 7. The first-order chi connectivity index (χ1) is 10.5. The van der Waals surface area contributed by atoms with Gasteiger partial charge in [-0.05, 0) is 39.1 Å². The molecule has 0 aromatic heterocycles. The Morgan fingerprint density at radius 1 is 0.955 bits per heavy atom. The van der Waals surface area contributed by atoms with Crippen LogP contribution < -0.4 is 0 Å². The van der Waals surface area contributed by atoms with Gasteiger partial charge < -0.3 is 9.64 Å². The molecule has 2 aromatic carbocycles. The molecule has 0 aliphatic rings. The molecule has 1 atom stereocenters. The van der Waals surface area contributed by atoms with Crippen molar-refractivity contribution in [2.45, 2.75) is 26.4 Å². The minimum atomic E-state index is 0.113. The monoisotopic (exact) mass is 297 g/mol. The Hall–Kier alpha value is -1.64. The van der Waals surface area contributed by atoms with E-state index in [9.17, 15) is 0 Å². The van der Waals surface area contributed by atoms with E-state index in [2.05, 4.69) is 81.4 Å². The van der Waals surface area contributed by atoms with Crippen molar-refractivity contribution in [3.63, 3.8) is 0 Å². The van der Waals surface area contributed by atoms with Gasteiger partial charge in [-0.2, -0.15) is 0 Å². The van der Waals surface area contributed by atoms with Gasteiger partial charge in [0.15, 0.2) is 0 Å². The number of hydrogen-bond acceptors (Lipinski definition) is 2. The lowest BCUT2D eigenvalue weighted by Gasteiger charge is -2.20. The van der Waals surface area contributed by atoms with Gasteiger partial charge in [0.1, 0.15) is 0 Å². The summed E-state index contributed by atoms with van der Waals surface area (Å²) in [5, 5.41) is 0. The van der Waals surface area contributed by atoms with Gasteiger partial charge in [-0.1, -0.05) is 59.7 Å². The van der Waals surface area contributed by atoms with E-state index >= 15 is 0 Å². The molecule has 22 heavy (non-hydrogen) atoms. The fourth-order valence-electron chi connectivity index (χ4n) is 2.57. The predicted octanol–water partition coefficient (Wildman–Crippen LogP) is 4.17. The van der Waals surface area contributed by atoms with Crippen LogP contribution in [0.25, 0.3) is 0 Å². The highest BCUT2D eigenvalue weighted by molar-refractivity contribution is 5.28. The smallest absolute Gasteiger partial charge is 0.0865 e. The van der Waals surface area contributed by atoms with Crippen LogP contribution in [0.4, 0.5) is 0 Å². The van der Waals surface area contributed by atoms with E-state index in [4.69, 9.17) is 4.74 Å². The molecule has 0 spiro atoms. The molecular weight excluding hydrogens is 270 g/mol. The SMILES string of the molecule is Cc1cccc(CC(OCCN(C)C)c2cccc(C)c2)c1. The zero-order chi connectivity index (χ0) is 15.9. The molecule has 2 heteroatoms. The summed E-state index contributed by atoms with van der Waals surface area (Å²) in [5.74, 6) is 0. The standard InChI is InChI=1S/C20H27NO/c1-16-7-5-9-18(13-16)15-20(22-12-11-21(3)4)19-10-6-8-17(2)14-19/h5-10,13-14,20H,11-12,15H2,1-4H3. The summed E-state index contributed by atoms with van der Waals surface area (Å²) in [4.78, 5) is 2.15. The van der Waals surface area contributed by atoms with Crippen molar-refractivity contribution in [2.75, 3.05) is 27.2 Å². The first kappa shape index (κ1) is 16.7. The summed E-state index contributed by atoms with van der Waals surface area (Å²) in [6.07, 6.45) is 1.03. The molecule has 118 valence electrons. The Morgan fingerprint density at radius 3 is 2.27 bits per heavy atom. The number of hydrogen-bond donors (Lipinski definition) is 0. The van der Waals surface area contributed by atoms with Gasteiger partial charge in [0.05, 0.1) is 12.7 Å². The maximum Gasteiger partial charge on any atom is 0.0865 e. The topological polar surface area (TPSA) is 12.5 Å². The first-order valence-corrected chi connectivity index (χ1v) is 7.93. The van der Waals surface area contributed by atoms with Crippen molar-refractivity contribution >= 4 is 0 Å². The minimum absolute atomic E-state index is 0.113. The summed E-state index contributed by atoms with van der Waals surface area (Å²) in [6, 6.07) is 17.3. The van der Waals surface area contributed by atoms with Crippen LogP contribution in [0.2, 0.25) is 0 Å². The van der Waals surface area contributed by atoms with Gasteiger partial charge in [-0.3, -0.25) is 0 Å². The minimum Gasteiger partial charge on any atom is -0.372 e. The van der Waals surface area contributed by atoms with Crippen molar-refractivity contribution in [2.24, 2.45) is 0 Å². The van der Waals surface area contributed by atoms with E-state index in [-0.39, 0.29) is 6.10 Å². The van der Waals surface area contributed by atoms with E-state index in [0.29, 0.717) is 0 Å². The third kappa shape index (κ3) is 5.28. The van der Waals surface area contributed by atoms with Gasteiger partial charge in [0, 0.05) is 13.0 Å². The van der Waals surface area contributed by atoms with E-state index in [1.165, 1.54) is 22.3 Å². The number of nitrogens with zero attached hydrogens (tertiary/aromatic N) is 1. The van der Waals surface area contributed by atoms with Gasteiger partial charge in [-0.15, -0.1) is 0 Å². The van der Waals surface area contributed by atoms with Crippen LogP contribution in [-0.4, -0.2) is 32.1 Å². The molecule has 0 aliphatic carbocycles. The van der Waals surface area contributed by atoms with Crippen molar-refractivity contribution < 1.29 is 4.74 Å². The molecule has 2 rings (SSSR count). The van der Waals surface area contributed by atoms with Gasteiger partial charge in [-0.25, -0.2) is 0 Å². The van der Waals surface area contributed by atoms with Crippen LogP contribution in [0.1, 0.15) is 28.4 Å². The normalized spacial score (nSPS) is 12.6. The van der Waals surface area contributed by atoms with Gasteiger partial charge >= 0.3 is 0 Å². The number of likely N-dealkylation sites (N-methyl/N-ethyl adjacent to an activating group) is 1. The molecular formula is C20H27NO. The zero-order valence-corrected chi connectivity index (χ0v) is 14.2. The summed E-state index contributed by atoms with van der Waals surface area (Å²) in [7, 11) is 4.15. The lowest BCUT2D eigenvalue weighted by Crippen LogP contribution is -2.20. The van der Waals surface area contributed by atoms with Crippen LogP contribution >= 0.6 is 0 Å². The third-order valence-corrected chi connectivity index (χ3v) is 3.78. The second kappa shape index (κ2) is 8.11. The number of benzene rings is 2. The lowest BCUT2D eigenvalue weighted by atomic mass is 9.99. The zero-order valence-electron chi connectivity index (χ0n) is 14.2. The Kier molecular flexibility index (Phi) is 6.17. The summed E-state index contributed by atoms with van der Waals surface area (Å²) >= 11 is 0. The fourth-order valence-corrected chi connectivity index (χ4v) is 2.57. The van der Waals surface area contributed by atoms with Crippen LogP contribution in [0.3, 0.4) is 0 Å². The molecule has 0 radical (unpaired) electrons. The fraction of sp³-hybridized carbons (Fsp3) is 0.400. The van der Waals surface area contributed by atoms with E-state index in [0.717, 1.165) is 19.6 Å². The molecule has 1 unspecified atom stereocenters. The molecule has 0 amide bonds. The summed E-state index contributed by atoms with van der Waals surface area (Å²) in [6.45, 7) is 5.96. The van der Waals surface area contributed by atoms with Crippen molar-refractivity contribution in [1.82, 2.24) is 4.90 Å². The molecule has 0 N–H and O–H groups in total. The van der Waals surface area contributed by atoms with Crippen LogP contribution in [-0.2, 0) is 11.2 Å². The molecule has 0 saturated carbocycles. The third-order valence-electron chi connectivity index (χ3n) is 3.78. The first-order valence-electron chi connectivity index (χ1n) is 7.93. The Bertz CT molecular complexity index is 592. The molecule has 0 fully saturated rings. The van der Waals surface area contributed by atoms with Crippen molar-refractivity contribution in [3.8, 4) is 0 Å². The molecule has 2 aromatic rings. The van der Waals surface area contributed by atoms with Crippen LogP contribution in [0.5, 0.6) is 0 Å².